The molecule has 1 heterocycles. The van der Waals surface area contributed by atoms with Gasteiger partial charge in [-0.05, 0) is 19.1 Å². The SMILES string of the molecule is COCC(=O)N1CCN(C(C)C(=O)Nc2ccc(F)c(F)c2)CC1. The van der Waals surface area contributed by atoms with Crippen molar-refractivity contribution in [3.8, 4) is 0 Å². The van der Waals surface area contributed by atoms with Gasteiger partial charge in [-0.25, -0.2) is 8.78 Å². The number of nitrogens with zero attached hydrogens (tertiary/aromatic N) is 2. The van der Waals surface area contributed by atoms with Gasteiger partial charge in [-0.2, -0.15) is 0 Å². The van der Waals surface area contributed by atoms with Crippen molar-refractivity contribution in [2.75, 3.05) is 45.2 Å². The topological polar surface area (TPSA) is 61.9 Å². The molecule has 1 aliphatic heterocycles. The van der Waals surface area contributed by atoms with E-state index in [-0.39, 0.29) is 24.1 Å². The summed E-state index contributed by atoms with van der Waals surface area (Å²) in [5, 5.41) is 2.57. The lowest BCUT2D eigenvalue weighted by Gasteiger charge is -2.37. The standard InChI is InChI=1S/C16H21F2N3O3/c1-11(16(23)19-12-3-4-13(17)14(18)9-12)20-5-7-21(8-6-20)15(22)10-24-2/h3-4,9,11H,5-8,10H2,1-2H3,(H,19,23). The minimum absolute atomic E-state index is 0.0478. The maximum atomic E-state index is 13.2. The molecule has 1 N–H and O–H groups in total. The van der Waals surface area contributed by atoms with Crippen LogP contribution in [0, 0.1) is 11.6 Å². The molecule has 132 valence electrons. The average Bonchev–Trinajstić information content (AvgIpc) is 2.58. The van der Waals surface area contributed by atoms with Crippen LogP contribution in [-0.2, 0) is 14.3 Å². The number of benzene rings is 1. The summed E-state index contributed by atoms with van der Waals surface area (Å²) in [7, 11) is 1.47. The smallest absolute Gasteiger partial charge is 0.248 e. The Morgan fingerprint density at radius 1 is 1.21 bits per heavy atom. The highest BCUT2D eigenvalue weighted by Gasteiger charge is 2.27. The molecule has 1 atom stereocenters. The summed E-state index contributed by atoms with van der Waals surface area (Å²) in [4.78, 5) is 27.6. The van der Waals surface area contributed by atoms with Gasteiger partial charge in [0.05, 0.1) is 6.04 Å². The lowest BCUT2D eigenvalue weighted by atomic mass is 10.2. The molecule has 8 heteroatoms. The van der Waals surface area contributed by atoms with Gasteiger partial charge >= 0.3 is 0 Å². The molecule has 0 aromatic heterocycles. The Morgan fingerprint density at radius 3 is 2.46 bits per heavy atom. The van der Waals surface area contributed by atoms with Crippen molar-refractivity contribution < 1.29 is 23.1 Å². The number of nitrogens with one attached hydrogen (secondary N) is 1. The highest BCUT2D eigenvalue weighted by atomic mass is 19.2. The number of carbonyl (C=O) groups excluding carboxylic acids is 2. The Bertz CT molecular complexity index is 604. The number of methoxy groups -OCH3 is 1. The van der Waals surface area contributed by atoms with E-state index in [1.807, 2.05) is 4.90 Å². The number of halogens is 2. The van der Waals surface area contributed by atoms with Gasteiger partial charge in [0.2, 0.25) is 11.8 Å². The molecular weight excluding hydrogens is 320 g/mol. The predicted octanol–water partition coefficient (Wildman–Crippen LogP) is 1.08. The van der Waals surface area contributed by atoms with Gasteiger partial charge < -0.3 is 15.0 Å². The minimum atomic E-state index is -1.01. The zero-order valence-electron chi connectivity index (χ0n) is 13.7. The Balaban J connectivity index is 1.87. The number of anilines is 1. The van der Waals surface area contributed by atoms with E-state index >= 15 is 0 Å². The number of piperazine rings is 1. The Morgan fingerprint density at radius 2 is 1.88 bits per heavy atom. The monoisotopic (exact) mass is 341 g/mol. The molecule has 1 saturated heterocycles. The first kappa shape index (κ1) is 18.3. The largest absolute Gasteiger partial charge is 0.375 e. The van der Waals surface area contributed by atoms with Gasteiger partial charge in [-0.1, -0.05) is 0 Å². The van der Waals surface area contributed by atoms with Crippen molar-refractivity contribution in [3.63, 3.8) is 0 Å². The van der Waals surface area contributed by atoms with E-state index in [1.165, 1.54) is 13.2 Å². The number of ether oxygens (including phenoxy) is 1. The van der Waals surface area contributed by atoms with E-state index in [2.05, 4.69) is 5.32 Å². The molecule has 0 aliphatic carbocycles. The molecule has 1 unspecified atom stereocenters. The second kappa shape index (κ2) is 8.16. The Labute approximate surface area is 139 Å². The molecule has 24 heavy (non-hydrogen) atoms. The molecule has 1 aliphatic rings. The molecule has 1 aromatic rings. The zero-order chi connectivity index (χ0) is 17.7. The fraction of sp³-hybridized carbons (Fsp3) is 0.500. The van der Waals surface area contributed by atoms with Crippen molar-refractivity contribution in [3.05, 3.63) is 29.8 Å². The van der Waals surface area contributed by atoms with Crippen LogP contribution in [0.2, 0.25) is 0 Å². The van der Waals surface area contributed by atoms with Crippen molar-refractivity contribution in [2.45, 2.75) is 13.0 Å². The van der Waals surface area contributed by atoms with Gasteiger partial charge in [0.1, 0.15) is 6.61 Å². The maximum Gasteiger partial charge on any atom is 0.248 e. The Hall–Kier alpha value is -2.06. The fourth-order valence-corrected chi connectivity index (χ4v) is 2.56. The zero-order valence-corrected chi connectivity index (χ0v) is 13.7. The maximum absolute atomic E-state index is 13.2. The first-order valence-electron chi connectivity index (χ1n) is 7.69. The van der Waals surface area contributed by atoms with Gasteiger partial charge in [-0.15, -0.1) is 0 Å². The molecule has 2 rings (SSSR count). The van der Waals surface area contributed by atoms with Crippen LogP contribution in [0.4, 0.5) is 14.5 Å². The van der Waals surface area contributed by atoms with Crippen LogP contribution in [0.1, 0.15) is 6.92 Å². The second-order valence-corrected chi connectivity index (χ2v) is 5.64. The molecule has 1 aromatic carbocycles. The highest BCUT2D eigenvalue weighted by Crippen LogP contribution is 2.15. The van der Waals surface area contributed by atoms with E-state index in [4.69, 9.17) is 4.74 Å². The molecule has 0 saturated carbocycles. The van der Waals surface area contributed by atoms with Crippen LogP contribution in [0.3, 0.4) is 0 Å². The fourth-order valence-electron chi connectivity index (χ4n) is 2.56. The summed E-state index contributed by atoms with van der Waals surface area (Å²) in [6, 6.07) is 2.78. The van der Waals surface area contributed by atoms with Crippen LogP contribution in [0.25, 0.3) is 0 Å². The van der Waals surface area contributed by atoms with Gasteiger partial charge in [-0.3, -0.25) is 14.5 Å². The third-order valence-electron chi connectivity index (χ3n) is 4.05. The number of carbonyl (C=O) groups is 2. The van der Waals surface area contributed by atoms with Crippen molar-refractivity contribution in [2.24, 2.45) is 0 Å². The first-order valence-corrected chi connectivity index (χ1v) is 7.69. The summed E-state index contributed by atoms with van der Waals surface area (Å²) in [5.74, 6) is -2.35. The number of rotatable bonds is 5. The average molecular weight is 341 g/mol. The number of amides is 2. The highest BCUT2D eigenvalue weighted by molar-refractivity contribution is 5.94. The van der Waals surface area contributed by atoms with E-state index in [1.54, 1.807) is 11.8 Å². The van der Waals surface area contributed by atoms with Gasteiger partial charge in [0, 0.05) is 45.0 Å². The van der Waals surface area contributed by atoms with E-state index < -0.39 is 17.7 Å². The molecule has 1 fully saturated rings. The summed E-state index contributed by atoms with van der Waals surface area (Å²) < 4.78 is 30.9. The van der Waals surface area contributed by atoms with Crippen molar-refractivity contribution >= 4 is 17.5 Å². The van der Waals surface area contributed by atoms with Gasteiger partial charge in [0.15, 0.2) is 11.6 Å². The Kier molecular flexibility index (Phi) is 6.22. The summed E-state index contributed by atoms with van der Waals surface area (Å²) in [5.41, 5.74) is 0.208. The molecule has 0 spiro atoms. The molecule has 2 amide bonds. The summed E-state index contributed by atoms with van der Waals surface area (Å²) in [6.07, 6.45) is 0. The number of hydrogen-bond acceptors (Lipinski definition) is 4. The summed E-state index contributed by atoms with van der Waals surface area (Å²) >= 11 is 0. The summed E-state index contributed by atoms with van der Waals surface area (Å²) in [6.45, 7) is 3.94. The lowest BCUT2D eigenvalue weighted by molar-refractivity contribution is -0.137. The van der Waals surface area contributed by atoms with Crippen molar-refractivity contribution in [1.82, 2.24) is 9.80 Å². The van der Waals surface area contributed by atoms with Crippen LogP contribution in [0.15, 0.2) is 18.2 Å². The van der Waals surface area contributed by atoms with Crippen LogP contribution < -0.4 is 5.32 Å². The van der Waals surface area contributed by atoms with Crippen LogP contribution in [-0.4, -0.2) is 67.6 Å². The predicted molar refractivity (Wildman–Crippen MR) is 84.5 cm³/mol. The van der Waals surface area contributed by atoms with E-state index in [0.717, 1.165) is 12.1 Å². The van der Waals surface area contributed by atoms with Crippen molar-refractivity contribution in [1.29, 1.82) is 0 Å². The number of hydrogen-bond donors (Lipinski definition) is 1. The molecule has 0 radical (unpaired) electrons. The third kappa shape index (κ3) is 4.48. The normalized spacial score (nSPS) is 16.8. The van der Waals surface area contributed by atoms with E-state index in [0.29, 0.717) is 26.2 Å². The van der Waals surface area contributed by atoms with Crippen LogP contribution >= 0.6 is 0 Å². The molecular formula is C16H21F2N3O3. The molecule has 0 bridgehead atoms. The molecule has 6 nitrogen and oxygen atoms in total. The minimum Gasteiger partial charge on any atom is -0.375 e. The van der Waals surface area contributed by atoms with E-state index in [9.17, 15) is 18.4 Å². The first-order chi connectivity index (χ1) is 11.4. The van der Waals surface area contributed by atoms with Gasteiger partial charge in [0.25, 0.3) is 0 Å². The van der Waals surface area contributed by atoms with Crippen LogP contribution in [0.5, 0.6) is 0 Å². The second-order valence-electron chi connectivity index (χ2n) is 5.64. The third-order valence-corrected chi connectivity index (χ3v) is 4.05. The lowest BCUT2D eigenvalue weighted by Crippen LogP contribution is -2.54. The quantitative estimate of drug-likeness (QED) is 0.871.